The number of carbonyl (C=O) groups excluding carboxylic acids is 1. The van der Waals surface area contributed by atoms with Crippen molar-refractivity contribution in [3.63, 3.8) is 0 Å². The maximum atomic E-state index is 11.8. The van der Waals surface area contributed by atoms with E-state index in [1.165, 1.54) is 0 Å². The predicted octanol–water partition coefficient (Wildman–Crippen LogP) is 1.86. The Morgan fingerprint density at radius 3 is 3.00 bits per heavy atom. The van der Waals surface area contributed by atoms with E-state index in [9.17, 15) is 9.59 Å². The van der Waals surface area contributed by atoms with E-state index >= 15 is 0 Å². The van der Waals surface area contributed by atoms with Gasteiger partial charge in [-0.1, -0.05) is 6.07 Å². The number of hydrogen-bond donors (Lipinski definition) is 3. The van der Waals surface area contributed by atoms with Crippen molar-refractivity contribution in [3.8, 4) is 0 Å². The summed E-state index contributed by atoms with van der Waals surface area (Å²) in [7, 11) is 0. The Balaban J connectivity index is 1.37. The van der Waals surface area contributed by atoms with Crippen LogP contribution in [-0.2, 0) is 16.0 Å². The first-order valence-corrected chi connectivity index (χ1v) is 8.30. The number of aromatic nitrogens is 2. The van der Waals surface area contributed by atoms with Crippen molar-refractivity contribution in [2.75, 3.05) is 13.2 Å². The Kier molecular flexibility index (Phi) is 5.12. The third-order valence-corrected chi connectivity index (χ3v) is 4.26. The number of hydrogen-bond acceptors (Lipinski definition) is 3. The summed E-state index contributed by atoms with van der Waals surface area (Å²) in [5.41, 5.74) is 2.56. The average Bonchev–Trinajstić information content (AvgIpc) is 3.15. The second kappa shape index (κ2) is 7.46. The Labute approximate surface area is 134 Å². The molecule has 2 heterocycles. The number of amides is 1. The molecule has 3 rings (SSSR count). The molecule has 0 bridgehead atoms. The van der Waals surface area contributed by atoms with Gasteiger partial charge in [0.05, 0.1) is 17.1 Å². The molecule has 1 aromatic carbocycles. The van der Waals surface area contributed by atoms with Gasteiger partial charge in [0.25, 0.3) is 0 Å². The highest BCUT2D eigenvalue weighted by molar-refractivity contribution is 5.76. The molecule has 6 nitrogen and oxygen atoms in total. The van der Waals surface area contributed by atoms with Gasteiger partial charge in [0.15, 0.2) is 0 Å². The van der Waals surface area contributed by atoms with Gasteiger partial charge in [-0.15, -0.1) is 0 Å². The van der Waals surface area contributed by atoms with Crippen LogP contribution in [0.5, 0.6) is 0 Å². The quantitative estimate of drug-likeness (QED) is 0.728. The average molecular weight is 317 g/mol. The molecule has 124 valence electrons. The molecule has 0 spiro atoms. The van der Waals surface area contributed by atoms with Gasteiger partial charge in [0.2, 0.25) is 5.91 Å². The van der Waals surface area contributed by atoms with E-state index in [0.29, 0.717) is 19.1 Å². The molecule has 1 saturated heterocycles. The first kappa shape index (κ1) is 15.8. The molecule has 3 N–H and O–H groups in total. The van der Waals surface area contributed by atoms with Crippen LogP contribution in [0.3, 0.4) is 0 Å². The van der Waals surface area contributed by atoms with Gasteiger partial charge in [-0.2, -0.15) is 0 Å². The maximum Gasteiger partial charge on any atom is 0.323 e. The van der Waals surface area contributed by atoms with Crippen LogP contribution in [0.2, 0.25) is 0 Å². The lowest BCUT2D eigenvalue weighted by Gasteiger charge is -2.10. The standard InChI is InChI=1S/C17H23N3O3/c21-16(18-9-8-13-4-2-10-23-13)5-1-3-12-6-7-14-15(11-12)20-17(22)19-14/h6-7,11,13H,1-5,8-10H2,(H,18,21)(H2,19,20,22)/t13-/m0/s1. The Morgan fingerprint density at radius 2 is 2.17 bits per heavy atom. The number of aromatic amines is 2. The number of aryl methyl sites for hydroxylation is 1. The third-order valence-electron chi connectivity index (χ3n) is 4.26. The number of ether oxygens (including phenoxy) is 1. The van der Waals surface area contributed by atoms with E-state index in [2.05, 4.69) is 15.3 Å². The summed E-state index contributed by atoms with van der Waals surface area (Å²) in [6, 6.07) is 5.84. The second-order valence-corrected chi connectivity index (χ2v) is 6.09. The highest BCUT2D eigenvalue weighted by Gasteiger charge is 2.15. The number of nitrogens with one attached hydrogen (secondary N) is 3. The lowest BCUT2D eigenvalue weighted by atomic mass is 10.1. The van der Waals surface area contributed by atoms with Crippen molar-refractivity contribution in [2.45, 2.75) is 44.6 Å². The van der Waals surface area contributed by atoms with Crippen LogP contribution in [0.4, 0.5) is 0 Å². The molecule has 1 aliphatic heterocycles. The normalized spacial score (nSPS) is 17.7. The van der Waals surface area contributed by atoms with E-state index in [4.69, 9.17) is 4.74 Å². The van der Waals surface area contributed by atoms with E-state index in [0.717, 1.165) is 55.3 Å². The van der Waals surface area contributed by atoms with Crippen molar-refractivity contribution >= 4 is 16.9 Å². The van der Waals surface area contributed by atoms with Gasteiger partial charge in [-0.05, 0) is 49.8 Å². The SMILES string of the molecule is O=C(CCCc1ccc2[nH]c(=O)[nH]c2c1)NCC[C@@H]1CCCO1. The van der Waals surface area contributed by atoms with Gasteiger partial charge >= 0.3 is 5.69 Å². The molecule has 0 aliphatic carbocycles. The molecular weight excluding hydrogens is 294 g/mol. The molecule has 2 aromatic rings. The van der Waals surface area contributed by atoms with E-state index in [1.807, 2.05) is 18.2 Å². The summed E-state index contributed by atoms with van der Waals surface area (Å²) in [6.45, 7) is 1.55. The molecule has 1 amide bonds. The molecule has 6 heteroatoms. The minimum absolute atomic E-state index is 0.0964. The zero-order valence-electron chi connectivity index (χ0n) is 13.2. The number of rotatable bonds is 7. The van der Waals surface area contributed by atoms with Crippen LogP contribution >= 0.6 is 0 Å². The first-order chi connectivity index (χ1) is 11.2. The largest absolute Gasteiger partial charge is 0.378 e. The Morgan fingerprint density at radius 1 is 1.30 bits per heavy atom. The van der Waals surface area contributed by atoms with Gasteiger partial charge in [-0.3, -0.25) is 4.79 Å². The summed E-state index contributed by atoms with van der Waals surface area (Å²) in [5.74, 6) is 0.0964. The van der Waals surface area contributed by atoms with Gasteiger partial charge in [-0.25, -0.2) is 4.79 Å². The molecule has 1 atom stereocenters. The van der Waals surface area contributed by atoms with Crippen LogP contribution in [0.15, 0.2) is 23.0 Å². The lowest BCUT2D eigenvalue weighted by molar-refractivity contribution is -0.121. The van der Waals surface area contributed by atoms with Crippen LogP contribution in [-0.4, -0.2) is 35.1 Å². The van der Waals surface area contributed by atoms with E-state index < -0.39 is 0 Å². The second-order valence-electron chi connectivity index (χ2n) is 6.09. The maximum absolute atomic E-state index is 11.8. The van der Waals surface area contributed by atoms with Gasteiger partial charge in [0, 0.05) is 19.6 Å². The fourth-order valence-electron chi connectivity index (χ4n) is 3.02. The fourth-order valence-corrected chi connectivity index (χ4v) is 3.02. The number of H-pyrrole nitrogens is 2. The van der Waals surface area contributed by atoms with Gasteiger partial charge in [0.1, 0.15) is 0 Å². The van der Waals surface area contributed by atoms with Crippen LogP contribution in [0.1, 0.15) is 37.7 Å². The monoisotopic (exact) mass is 317 g/mol. The van der Waals surface area contributed by atoms with Crippen LogP contribution < -0.4 is 11.0 Å². The molecule has 1 aromatic heterocycles. The van der Waals surface area contributed by atoms with E-state index in [1.54, 1.807) is 0 Å². The predicted molar refractivity (Wildman–Crippen MR) is 88.5 cm³/mol. The Bertz CT molecular complexity index is 713. The fraction of sp³-hybridized carbons (Fsp3) is 0.529. The van der Waals surface area contributed by atoms with Crippen LogP contribution in [0.25, 0.3) is 11.0 Å². The molecule has 0 unspecified atom stereocenters. The number of carbonyl (C=O) groups is 1. The molecular formula is C17H23N3O3. The minimum Gasteiger partial charge on any atom is -0.378 e. The van der Waals surface area contributed by atoms with Crippen molar-refractivity contribution in [1.29, 1.82) is 0 Å². The zero-order valence-corrected chi connectivity index (χ0v) is 13.2. The van der Waals surface area contributed by atoms with E-state index in [-0.39, 0.29) is 11.6 Å². The van der Waals surface area contributed by atoms with Gasteiger partial charge < -0.3 is 20.0 Å². The third kappa shape index (κ3) is 4.45. The van der Waals surface area contributed by atoms with Crippen molar-refractivity contribution in [1.82, 2.24) is 15.3 Å². The number of fused-ring (bicyclic) bond motifs is 1. The summed E-state index contributed by atoms with van der Waals surface area (Å²) in [4.78, 5) is 28.5. The zero-order chi connectivity index (χ0) is 16.1. The topological polar surface area (TPSA) is 87.0 Å². The summed E-state index contributed by atoms with van der Waals surface area (Å²) in [6.07, 6.45) is 5.62. The number of benzene rings is 1. The minimum atomic E-state index is -0.192. The van der Waals surface area contributed by atoms with Crippen molar-refractivity contribution in [3.05, 3.63) is 34.2 Å². The molecule has 0 radical (unpaired) electrons. The van der Waals surface area contributed by atoms with Crippen LogP contribution in [0, 0.1) is 0 Å². The molecule has 1 aliphatic rings. The molecule has 23 heavy (non-hydrogen) atoms. The van der Waals surface area contributed by atoms with Crippen molar-refractivity contribution < 1.29 is 9.53 Å². The lowest BCUT2D eigenvalue weighted by Crippen LogP contribution is -2.26. The van der Waals surface area contributed by atoms with Crippen molar-refractivity contribution in [2.24, 2.45) is 0 Å². The highest BCUT2D eigenvalue weighted by Crippen LogP contribution is 2.14. The molecule has 1 fully saturated rings. The first-order valence-electron chi connectivity index (χ1n) is 8.30. The Hall–Kier alpha value is -2.08. The number of imidazole rings is 1. The smallest absolute Gasteiger partial charge is 0.323 e. The summed E-state index contributed by atoms with van der Waals surface area (Å²) in [5, 5.41) is 2.96. The highest BCUT2D eigenvalue weighted by atomic mass is 16.5. The summed E-state index contributed by atoms with van der Waals surface area (Å²) < 4.78 is 5.53. The molecule has 0 saturated carbocycles. The summed E-state index contributed by atoms with van der Waals surface area (Å²) >= 11 is 0.